The van der Waals surface area contributed by atoms with Crippen LogP contribution in [0.25, 0.3) is 0 Å². The summed E-state index contributed by atoms with van der Waals surface area (Å²) in [5.41, 5.74) is 0.737. The lowest BCUT2D eigenvalue weighted by molar-refractivity contribution is 0.172. The lowest BCUT2D eigenvalue weighted by Gasteiger charge is -2.10. The number of benzene rings is 1. The van der Waals surface area contributed by atoms with Crippen LogP contribution in [0.3, 0.4) is 0 Å². The fourth-order valence-electron chi connectivity index (χ4n) is 1.56. The summed E-state index contributed by atoms with van der Waals surface area (Å²) in [4.78, 5) is 3.76. The number of pyridine rings is 1. The quantitative estimate of drug-likeness (QED) is 0.887. The maximum absolute atomic E-state index is 13.3. The van der Waals surface area contributed by atoms with Gasteiger partial charge in [0.15, 0.2) is 0 Å². The van der Waals surface area contributed by atoms with Crippen molar-refractivity contribution in [2.75, 3.05) is 0 Å². The smallest absolute Gasteiger partial charge is 0.141 e. The fourth-order valence-corrected chi connectivity index (χ4v) is 1.56. The van der Waals surface area contributed by atoms with Crippen LogP contribution in [0.5, 0.6) is 0 Å². The van der Waals surface area contributed by atoms with Crippen LogP contribution in [0.1, 0.15) is 17.4 Å². The molecule has 1 heterocycles. The Morgan fingerprint density at radius 2 is 1.88 bits per heavy atom. The molecule has 1 N–H and O–H groups in total. The van der Waals surface area contributed by atoms with Gasteiger partial charge in [0.2, 0.25) is 0 Å². The van der Waals surface area contributed by atoms with E-state index >= 15 is 0 Å². The summed E-state index contributed by atoms with van der Waals surface area (Å²) in [6.07, 6.45) is 0.207. The third-order valence-corrected chi connectivity index (χ3v) is 2.46. The molecule has 88 valence electrons. The minimum absolute atomic E-state index is 0.116. The summed E-state index contributed by atoms with van der Waals surface area (Å²) in [5.74, 6) is -0.833. The van der Waals surface area contributed by atoms with Crippen LogP contribution in [0, 0.1) is 11.6 Å². The zero-order chi connectivity index (χ0) is 12.3. The van der Waals surface area contributed by atoms with Crippen LogP contribution in [-0.4, -0.2) is 10.1 Å². The van der Waals surface area contributed by atoms with E-state index < -0.39 is 11.9 Å². The van der Waals surface area contributed by atoms with Gasteiger partial charge in [-0.15, -0.1) is 0 Å². The number of hydrogen-bond acceptors (Lipinski definition) is 2. The molecule has 0 amide bonds. The summed E-state index contributed by atoms with van der Waals surface area (Å²) < 4.78 is 26.0. The third-order valence-electron chi connectivity index (χ3n) is 2.46. The van der Waals surface area contributed by atoms with Crippen LogP contribution < -0.4 is 0 Å². The molecule has 0 aliphatic rings. The van der Waals surface area contributed by atoms with Crippen molar-refractivity contribution in [3.63, 3.8) is 0 Å². The Hall–Kier alpha value is -1.81. The molecule has 0 aliphatic carbocycles. The van der Waals surface area contributed by atoms with Crippen molar-refractivity contribution in [3.8, 4) is 0 Å². The molecule has 1 unspecified atom stereocenters. The average molecular weight is 235 g/mol. The fraction of sp³-hybridized carbons (Fsp3) is 0.154. The van der Waals surface area contributed by atoms with Gasteiger partial charge in [0, 0.05) is 6.42 Å². The first-order valence-corrected chi connectivity index (χ1v) is 5.20. The SMILES string of the molecule is OC(Cc1ccccc1F)c1ccc(F)cn1. The second kappa shape index (κ2) is 5.01. The highest BCUT2D eigenvalue weighted by Gasteiger charge is 2.12. The lowest BCUT2D eigenvalue weighted by atomic mass is 10.0. The van der Waals surface area contributed by atoms with Gasteiger partial charge in [0.05, 0.1) is 11.9 Å². The highest BCUT2D eigenvalue weighted by Crippen LogP contribution is 2.18. The Morgan fingerprint density at radius 3 is 2.53 bits per heavy atom. The van der Waals surface area contributed by atoms with E-state index in [9.17, 15) is 13.9 Å². The van der Waals surface area contributed by atoms with Gasteiger partial charge in [-0.2, -0.15) is 0 Å². The van der Waals surface area contributed by atoms with Crippen molar-refractivity contribution in [2.24, 2.45) is 0 Å². The van der Waals surface area contributed by atoms with E-state index in [1.807, 2.05) is 0 Å². The van der Waals surface area contributed by atoms with Gasteiger partial charge in [-0.25, -0.2) is 8.78 Å². The summed E-state index contributed by atoms with van der Waals surface area (Å²) in [7, 11) is 0. The molecule has 0 aliphatic heterocycles. The minimum Gasteiger partial charge on any atom is -0.386 e. The predicted molar refractivity (Wildman–Crippen MR) is 59.3 cm³/mol. The first kappa shape index (κ1) is 11.7. The molecular weight excluding hydrogens is 224 g/mol. The molecule has 1 aromatic carbocycles. The van der Waals surface area contributed by atoms with Crippen molar-refractivity contribution in [1.29, 1.82) is 0 Å². The first-order chi connectivity index (χ1) is 8.16. The standard InChI is InChI=1S/C13H11F2NO/c14-10-5-6-12(16-8-10)13(17)7-9-3-1-2-4-11(9)15/h1-6,8,13,17H,7H2. The van der Waals surface area contributed by atoms with Gasteiger partial charge in [-0.05, 0) is 23.8 Å². The van der Waals surface area contributed by atoms with E-state index in [0.717, 1.165) is 6.20 Å². The van der Waals surface area contributed by atoms with Crippen molar-refractivity contribution in [1.82, 2.24) is 4.98 Å². The van der Waals surface area contributed by atoms with Crippen molar-refractivity contribution in [3.05, 3.63) is 65.5 Å². The summed E-state index contributed by atoms with van der Waals surface area (Å²) in [6, 6.07) is 8.82. The summed E-state index contributed by atoms with van der Waals surface area (Å²) in [5, 5.41) is 9.84. The largest absolute Gasteiger partial charge is 0.386 e. The Labute approximate surface area is 97.6 Å². The molecular formula is C13H11F2NO. The minimum atomic E-state index is -0.938. The molecule has 0 fully saturated rings. The third kappa shape index (κ3) is 2.85. The van der Waals surface area contributed by atoms with E-state index in [2.05, 4.69) is 4.98 Å². The number of rotatable bonds is 3. The second-order valence-electron chi connectivity index (χ2n) is 3.71. The number of aromatic nitrogens is 1. The number of aliphatic hydroxyl groups excluding tert-OH is 1. The lowest BCUT2D eigenvalue weighted by Crippen LogP contribution is -2.05. The van der Waals surface area contributed by atoms with E-state index in [-0.39, 0.29) is 12.2 Å². The molecule has 0 saturated heterocycles. The van der Waals surface area contributed by atoms with Crippen LogP contribution in [0.15, 0.2) is 42.6 Å². The Balaban J connectivity index is 2.14. The van der Waals surface area contributed by atoms with Crippen molar-refractivity contribution >= 4 is 0 Å². The van der Waals surface area contributed by atoms with Gasteiger partial charge in [-0.3, -0.25) is 4.98 Å². The molecule has 4 heteroatoms. The predicted octanol–water partition coefficient (Wildman–Crippen LogP) is 2.64. The molecule has 0 bridgehead atoms. The van der Waals surface area contributed by atoms with Crippen LogP contribution >= 0.6 is 0 Å². The molecule has 2 rings (SSSR count). The second-order valence-corrected chi connectivity index (χ2v) is 3.71. The average Bonchev–Trinajstić information content (AvgIpc) is 2.33. The van der Waals surface area contributed by atoms with Gasteiger partial charge in [0.25, 0.3) is 0 Å². The van der Waals surface area contributed by atoms with Crippen molar-refractivity contribution in [2.45, 2.75) is 12.5 Å². The zero-order valence-corrected chi connectivity index (χ0v) is 8.98. The number of halogens is 2. The van der Waals surface area contributed by atoms with E-state index in [1.54, 1.807) is 18.2 Å². The maximum atomic E-state index is 13.3. The van der Waals surface area contributed by atoms with E-state index in [1.165, 1.54) is 18.2 Å². The van der Waals surface area contributed by atoms with Crippen LogP contribution in [-0.2, 0) is 6.42 Å². The molecule has 2 aromatic rings. The van der Waals surface area contributed by atoms with E-state index in [4.69, 9.17) is 0 Å². The monoisotopic (exact) mass is 235 g/mol. The van der Waals surface area contributed by atoms with Gasteiger partial charge >= 0.3 is 0 Å². The molecule has 17 heavy (non-hydrogen) atoms. The maximum Gasteiger partial charge on any atom is 0.141 e. The van der Waals surface area contributed by atoms with E-state index in [0.29, 0.717) is 11.3 Å². The molecule has 2 nitrogen and oxygen atoms in total. The van der Waals surface area contributed by atoms with Crippen LogP contribution in [0.2, 0.25) is 0 Å². The zero-order valence-electron chi connectivity index (χ0n) is 8.98. The number of hydrogen-bond donors (Lipinski definition) is 1. The highest BCUT2D eigenvalue weighted by atomic mass is 19.1. The van der Waals surface area contributed by atoms with Gasteiger partial charge < -0.3 is 5.11 Å². The van der Waals surface area contributed by atoms with Crippen LogP contribution in [0.4, 0.5) is 8.78 Å². The number of nitrogens with zero attached hydrogens (tertiary/aromatic N) is 1. The molecule has 0 radical (unpaired) electrons. The first-order valence-electron chi connectivity index (χ1n) is 5.20. The Kier molecular flexibility index (Phi) is 3.44. The van der Waals surface area contributed by atoms with Gasteiger partial charge in [0.1, 0.15) is 17.7 Å². The molecule has 0 spiro atoms. The molecule has 1 aromatic heterocycles. The normalized spacial score (nSPS) is 12.4. The number of aliphatic hydroxyl groups is 1. The molecule has 1 atom stereocenters. The topological polar surface area (TPSA) is 33.1 Å². The van der Waals surface area contributed by atoms with Crippen molar-refractivity contribution < 1.29 is 13.9 Å². The molecule has 0 saturated carbocycles. The summed E-state index contributed by atoms with van der Waals surface area (Å²) >= 11 is 0. The highest BCUT2D eigenvalue weighted by molar-refractivity contribution is 5.20. The van der Waals surface area contributed by atoms with Gasteiger partial charge in [-0.1, -0.05) is 18.2 Å². The summed E-state index contributed by atoms with van der Waals surface area (Å²) in [6.45, 7) is 0. The Morgan fingerprint density at radius 1 is 1.12 bits per heavy atom. The Bertz CT molecular complexity index is 499.